The molecule has 0 aromatic carbocycles. The second kappa shape index (κ2) is 7.21. The predicted octanol–water partition coefficient (Wildman–Crippen LogP) is 2.55. The minimum Gasteiger partial charge on any atom is -0.370 e. The second-order valence-corrected chi connectivity index (χ2v) is 5.66. The lowest BCUT2D eigenvalue weighted by atomic mass is 9.95. The summed E-state index contributed by atoms with van der Waals surface area (Å²) in [4.78, 5) is 5.80. The molecule has 0 spiro atoms. The zero-order chi connectivity index (χ0) is 12.6. The number of allylic oxidation sites excluding steroid dienone is 2. The van der Waals surface area contributed by atoms with Gasteiger partial charge in [-0.25, -0.2) is 0 Å². The average Bonchev–Trinajstić information content (AvgIpc) is 2.91. The van der Waals surface area contributed by atoms with Crippen molar-refractivity contribution in [3.8, 4) is 0 Å². The highest BCUT2D eigenvalue weighted by atomic mass is 32.1. The SMILES string of the molecule is NC(=NCC1CC=CCC1)NCCc1cccs1. The van der Waals surface area contributed by atoms with Gasteiger partial charge in [0, 0.05) is 18.0 Å². The van der Waals surface area contributed by atoms with Gasteiger partial charge in [0.25, 0.3) is 0 Å². The lowest BCUT2D eigenvalue weighted by Gasteiger charge is -2.15. The lowest BCUT2D eigenvalue weighted by Crippen LogP contribution is -2.33. The molecule has 0 bridgehead atoms. The van der Waals surface area contributed by atoms with Crippen LogP contribution in [0.1, 0.15) is 24.1 Å². The van der Waals surface area contributed by atoms with Crippen molar-refractivity contribution >= 4 is 17.3 Å². The molecule has 0 amide bonds. The molecule has 18 heavy (non-hydrogen) atoms. The average molecular weight is 263 g/mol. The molecule has 0 fully saturated rings. The van der Waals surface area contributed by atoms with Crippen LogP contribution in [0, 0.1) is 5.92 Å². The van der Waals surface area contributed by atoms with Gasteiger partial charge >= 0.3 is 0 Å². The molecule has 0 radical (unpaired) electrons. The number of guanidine groups is 1. The van der Waals surface area contributed by atoms with Crippen LogP contribution >= 0.6 is 11.3 Å². The third-order valence-corrected chi connectivity index (χ3v) is 4.09. The third kappa shape index (κ3) is 4.53. The van der Waals surface area contributed by atoms with Crippen molar-refractivity contribution in [2.24, 2.45) is 16.6 Å². The van der Waals surface area contributed by atoms with Crippen LogP contribution in [0.2, 0.25) is 0 Å². The van der Waals surface area contributed by atoms with Gasteiger partial charge in [-0.3, -0.25) is 4.99 Å². The summed E-state index contributed by atoms with van der Waals surface area (Å²) >= 11 is 1.78. The number of aliphatic imine (C=N–C) groups is 1. The normalized spacial score (nSPS) is 20.0. The van der Waals surface area contributed by atoms with Crippen LogP contribution in [0.25, 0.3) is 0 Å². The summed E-state index contributed by atoms with van der Waals surface area (Å²) in [5.41, 5.74) is 5.85. The van der Waals surface area contributed by atoms with Crippen molar-refractivity contribution in [1.29, 1.82) is 0 Å². The number of nitrogens with zero attached hydrogens (tertiary/aromatic N) is 1. The van der Waals surface area contributed by atoms with Gasteiger partial charge in [-0.1, -0.05) is 18.2 Å². The smallest absolute Gasteiger partial charge is 0.188 e. The van der Waals surface area contributed by atoms with Crippen molar-refractivity contribution < 1.29 is 0 Å². The Hall–Kier alpha value is -1.29. The second-order valence-electron chi connectivity index (χ2n) is 4.63. The molecule has 4 heteroatoms. The highest BCUT2D eigenvalue weighted by Crippen LogP contribution is 2.17. The first-order chi connectivity index (χ1) is 8.84. The van der Waals surface area contributed by atoms with Crippen molar-refractivity contribution in [1.82, 2.24) is 5.32 Å². The van der Waals surface area contributed by atoms with Crippen LogP contribution in [0.4, 0.5) is 0 Å². The number of hydrogen-bond donors (Lipinski definition) is 2. The summed E-state index contributed by atoms with van der Waals surface area (Å²) in [5.74, 6) is 1.26. The fraction of sp³-hybridized carbons (Fsp3) is 0.500. The van der Waals surface area contributed by atoms with Gasteiger partial charge in [-0.2, -0.15) is 0 Å². The van der Waals surface area contributed by atoms with E-state index in [0.29, 0.717) is 11.9 Å². The van der Waals surface area contributed by atoms with E-state index in [0.717, 1.165) is 25.9 Å². The van der Waals surface area contributed by atoms with E-state index in [1.165, 1.54) is 17.7 Å². The topological polar surface area (TPSA) is 50.4 Å². The summed E-state index contributed by atoms with van der Waals surface area (Å²) in [5, 5.41) is 5.28. The van der Waals surface area contributed by atoms with E-state index >= 15 is 0 Å². The highest BCUT2D eigenvalue weighted by Gasteiger charge is 2.08. The Morgan fingerprint density at radius 2 is 2.44 bits per heavy atom. The van der Waals surface area contributed by atoms with E-state index in [9.17, 15) is 0 Å². The fourth-order valence-electron chi connectivity index (χ4n) is 2.07. The largest absolute Gasteiger partial charge is 0.370 e. The van der Waals surface area contributed by atoms with Crippen LogP contribution in [0.5, 0.6) is 0 Å². The molecule has 2 rings (SSSR count). The van der Waals surface area contributed by atoms with Crippen molar-refractivity contribution in [2.75, 3.05) is 13.1 Å². The molecule has 1 aliphatic rings. The Morgan fingerprint density at radius 3 is 3.17 bits per heavy atom. The maximum atomic E-state index is 5.85. The van der Waals surface area contributed by atoms with Crippen LogP contribution in [0.15, 0.2) is 34.7 Å². The van der Waals surface area contributed by atoms with Crippen LogP contribution in [-0.4, -0.2) is 19.0 Å². The van der Waals surface area contributed by atoms with E-state index in [2.05, 4.69) is 40.0 Å². The molecule has 0 saturated heterocycles. The first kappa shape index (κ1) is 13.1. The molecular formula is C14H21N3S. The highest BCUT2D eigenvalue weighted by molar-refractivity contribution is 7.09. The van der Waals surface area contributed by atoms with Gasteiger partial charge in [-0.15, -0.1) is 11.3 Å². The molecule has 0 aliphatic heterocycles. The van der Waals surface area contributed by atoms with Gasteiger partial charge in [0.1, 0.15) is 0 Å². The number of rotatable bonds is 5. The Bertz CT molecular complexity index is 395. The number of nitrogens with one attached hydrogen (secondary N) is 1. The number of thiophene rings is 1. The standard InChI is InChI=1S/C14H21N3S/c15-14(16-9-8-13-7-4-10-18-13)17-11-12-5-2-1-3-6-12/h1-2,4,7,10,12H,3,5-6,8-9,11H2,(H3,15,16,17). The third-order valence-electron chi connectivity index (χ3n) is 3.16. The fourth-order valence-corrected chi connectivity index (χ4v) is 2.78. The Kier molecular flexibility index (Phi) is 5.27. The molecule has 1 aromatic heterocycles. The summed E-state index contributed by atoms with van der Waals surface area (Å²) in [6.07, 6.45) is 9.09. The molecular weight excluding hydrogens is 242 g/mol. The molecule has 1 aromatic rings. The monoisotopic (exact) mass is 263 g/mol. The Labute approximate surface area is 113 Å². The summed E-state index contributed by atoms with van der Waals surface area (Å²) in [6.45, 7) is 1.71. The van der Waals surface area contributed by atoms with Crippen LogP contribution in [-0.2, 0) is 6.42 Å². The first-order valence-electron chi connectivity index (χ1n) is 6.56. The summed E-state index contributed by atoms with van der Waals surface area (Å²) in [7, 11) is 0. The van der Waals surface area contributed by atoms with E-state index in [1.54, 1.807) is 11.3 Å². The molecule has 1 unspecified atom stereocenters. The Balaban J connectivity index is 1.64. The lowest BCUT2D eigenvalue weighted by molar-refractivity contribution is 0.491. The van der Waals surface area contributed by atoms with E-state index in [-0.39, 0.29) is 0 Å². The van der Waals surface area contributed by atoms with Gasteiger partial charge in [0.15, 0.2) is 5.96 Å². The van der Waals surface area contributed by atoms with Crippen LogP contribution < -0.4 is 11.1 Å². The van der Waals surface area contributed by atoms with E-state index < -0.39 is 0 Å². The molecule has 1 heterocycles. The molecule has 3 N–H and O–H groups in total. The zero-order valence-electron chi connectivity index (χ0n) is 10.6. The summed E-state index contributed by atoms with van der Waals surface area (Å²) < 4.78 is 0. The first-order valence-corrected chi connectivity index (χ1v) is 7.44. The van der Waals surface area contributed by atoms with E-state index in [4.69, 9.17) is 5.73 Å². The molecule has 1 atom stereocenters. The van der Waals surface area contributed by atoms with Crippen molar-refractivity contribution in [3.05, 3.63) is 34.5 Å². The quantitative estimate of drug-likeness (QED) is 0.487. The predicted molar refractivity (Wildman–Crippen MR) is 79.0 cm³/mol. The zero-order valence-corrected chi connectivity index (χ0v) is 11.5. The molecule has 0 saturated carbocycles. The Morgan fingerprint density at radius 1 is 1.50 bits per heavy atom. The summed E-state index contributed by atoms with van der Waals surface area (Å²) in [6, 6.07) is 4.22. The van der Waals surface area contributed by atoms with Crippen molar-refractivity contribution in [2.45, 2.75) is 25.7 Å². The van der Waals surface area contributed by atoms with Gasteiger partial charge in [-0.05, 0) is 43.0 Å². The van der Waals surface area contributed by atoms with Crippen molar-refractivity contribution in [3.63, 3.8) is 0 Å². The maximum Gasteiger partial charge on any atom is 0.188 e. The minimum absolute atomic E-state index is 0.584. The van der Waals surface area contributed by atoms with E-state index in [1.807, 2.05) is 0 Å². The van der Waals surface area contributed by atoms with Crippen LogP contribution in [0.3, 0.4) is 0 Å². The van der Waals surface area contributed by atoms with Gasteiger partial charge < -0.3 is 11.1 Å². The van der Waals surface area contributed by atoms with Gasteiger partial charge in [0.2, 0.25) is 0 Å². The number of nitrogens with two attached hydrogens (primary N) is 1. The number of hydrogen-bond acceptors (Lipinski definition) is 2. The minimum atomic E-state index is 0.584. The molecule has 1 aliphatic carbocycles. The maximum absolute atomic E-state index is 5.85. The van der Waals surface area contributed by atoms with Gasteiger partial charge in [0.05, 0.1) is 0 Å². The molecule has 98 valence electrons. The molecule has 3 nitrogen and oxygen atoms in total.